The Morgan fingerprint density at radius 1 is 0.804 bits per heavy atom. The zero-order valence-corrected chi connectivity index (χ0v) is 31.9. The number of ether oxygens (including phenoxy) is 1. The number of halogens is 2. The first-order valence-electron chi connectivity index (χ1n) is 16.4. The third-order valence-corrected chi connectivity index (χ3v) is 10.4. The van der Waals surface area contributed by atoms with E-state index in [1.165, 1.54) is 33.6 Å². The summed E-state index contributed by atoms with van der Waals surface area (Å²) in [6.45, 7) is 24.8. The van der Waals surface area contributed by atoms with Gasteiger partial charge in [-0.3, -0.25) is 0 Å². The van der Waals surface area contributed by atoms with E-state index in [-0.39, 0.29) is 5.91 Å². The molecule has 2 aliphatic rings. The zero-order chi connectivity index (χ0) is 33.7. The number of anilines is 3. The Balaban J connectivity index is 0.000000240. The van der Waals surface area contributed by atoms with Crippen LogP contribution in [0.15, 0.2) is 54.6 Å². The second-order valence-electron chi connectivity index (χ2n) is 13.2. The van der Waals surface area contributed by atoms with Crippen LogP contribution in [-0.4, -0.2) is 29.7 Å². The summed E-state index contributed by atoms with van der Waals surface area (Å²) in [4.78, 5) is 16.6. The summed E-state index contributed by atoms with van der Waals surface area (Å²) in [5, 5.41) is 2.82. The van der Waals surface area contributed by atoms with Crippen LogP contribution in [0.1, 0.15) is 120 Å². The Hall–Kier alpha value is -2.40. The van der Waals surface area contributed by atoms with Crippen LogP contribution in [0.4, 0.5) is 17.1 Å². The Morgan fingerprint density at radius 2 is 1.24 bits per heavy atom. The molecule has 1 amide bonds. The predicted molar refractivity (Wildman–Crippen MR) is 195 cm³/mol. The molecule has 46 heavy (non-hydrogen) atoms. The van der Waals surface area contributed by atoms with Gasteiger partial charge in [-0.25, -0.2) is 0 Å². The van der Waals surface area contributed by atoms with Crippen molar-refractivity contribution in [2.24, 2.45) is 0 Å². The fraction of sp³-hybridized carbons (Fsp3) is 0.447. The van der Waals surface area contributed by atoms with Gasteiger partial charge in [-0.2, -0.15) is 6.67 Å². The third kappa shape index (κ3) is 8.36. The minimum atomic E-state index is -1.91. The Kier molecular flexibility index (Phi) is 12.8. The molecule has 252 valence electrons. The maximum absolute atomic E-state index is 11.6. The molecule has 2 aliphatic heterocycles. The first-order valence-corrected chi connectivity index (χ1v) is 21.9. The molecule has 8 heteroatoms. The number of rotatable bonds is 8. The molecule has 2 heterocycles. The van der Waals surface area contributed by atoms with Crippen LogP contribution in [-0.2, 0) is 18.3 Å². The molecule has 0 aliphatic carbocycles. The Labute approximate surface area is 290 Å². The Bertz CT molecular complexity index is 1430. The van der Waals surface area contributed by atoms with Gasteiger partial charge in [0.05, 0.1) is 0 Å². The quantitative estimate of drug-likeness (QED) is 0.184. The molecule has 0 spiro atoms. The Morgan fingerprint density at radius 3 is 1.63 bits per heavy atom. The molecule has 5 nitrogen and oxygen atoms in total. The van der Waals surface area contributed by atoms with E-state index in [9.17, 15) is 4.79 Å². The predicted octanol–water partition coefficient (Wildman–Crippen LogP) is 10.5. The number of nitrogens with zero attached hydrogens (tertiary/aromatic N) is 2. The van der Waals surface area contributed by atoms with Gasteiger partial charge >= 0.3 is 113 Å². The third-order valence-electron chi connectivity index (χ3n) is 8.53. The SMILES string of the molecule is CC(C)c1cccc(C(C)C)c1N1[CH-]N(c2c(C(C)C)cccc2C(C)C)CC1.CCC1Oc2c([CH]=[Ru]([Cl])[Cl])cccc2NC1=O. The fourth-order valence-electron chi connectivity index (χ4n) is 6.15. The summed E-state index contributed by atoms with van der Waals surface area (Å²) in [5.74, 6) is 2.61. The van der Waals surface area contributed by atoms with Crippen molar-refractivity contribution in [1.29, 1.82) is 0 Å². The van der Waals surface area contributed by atoms with Crippen molar-refractivity contribution in [1.82, 2.24) is 0 Å². The molecule has 3 aromatic rings. The van der Waals surface area contributed by atoms with E-state index in [1.54, 1.807) is 6.07 Å². The van der Waals surface area contributed by atoms with Crippen LogP contribution in [0, 0.1) is 6.67 Å². The standard InChI is InChI=1S/C27H39N2.C11H11NO2.2ClH.Ru/c1-18(2)22-11-9-12-23(19(3)4)26(22)28-15-16-29(17-28)27-24(20(5)6)13-10-14-25(27)21(7)8;1-3-9-11(13)12-8-6-4-5-7(2)10(8)14-9;;;/h9-14,17-21H,15-16H2,1-8H3;2,4-6,9H,3H2,1H3,(H,12,13);2*1H;/q-1;;;;+2/p-2. The topological polar surface area (TPSA) is 44.8 Å². The van der Waals surface area contributed by atoms with Crippen molar-refractivity contribution in [2.75, 3.05) is 28.2 Å². The van der Waals surface area contributed by atoms with Crippen molar-refractivity contribution in [2.45, 2.75) is 98.5 Å². The van der Waals surface area contributed by atoms with Crippen LogP contribution in [0.3, 0.4) is 0 Å². The van der Waals surface area contributed by atoms with Crippen LogP contribution in [0.25, 0.3) is 0 Å². The summed E-state index contributed by atoms with van der Waals surface area (Å²) in [6, 6.07) is 19.2. The normalized spacial score (nSPS) is 16.4. The molecular weight excluding hydrogens is 702 g/mol. The second kappa shape index (κ2) is 16.1. The van der Waals surface area contributed by atoms with Crippen molar-refractivity contribution in [3.63, 3.8) is 0 Å². The molecule has 1 atom stereocenters. The number of hydrogen-bond acceptors (Lipinski definition) is 4. The number of hydrogen-bond donors (Lipinski definition) is 1. The molecule has 0 aromatic heterocycles. The van der Waals surface area contributed by atoms with Gasteiger partial charge in [0.2, 0.25) is 0 Å². The second-order valence-corrected chi connectivity index (χ2v) is 19.0. The van der Waals surface area contributed by atoms with Crippen LogP contribution < -0.4 is 19.9 Å². The molecule has 0 bridgehead atoms. The summed E-state index contributed by atoms with van der Waals surface area (Å²) >= 11 is -1.91. The van der Waals surface area contributed by atoms with Gasteiger partial charge in [-0.15, -0.1) is 0 Å². The van der Waals surface area contributed by atoms with E-state index < -0.39 is 19.6 Å². The van der Waals surface area contributed by atoms with E-state index in [4.69, 9.17) is 24.1 Å². The van der Waals surface area contributed by atoms with Gasteiger partial charge in [0.25, 0.3) is 0 Å². The van der Waals surface area contributed by atoms with Crippen molar-refractivity contribution < 1.29 is 23.0 Å². The number of para-hydroxylation sites is 3. The maximum atomic E-state index is 11.6. The molecule has 1 N–H and O–H groups in total. The average molecular weight is 753 g/mol. The number of amides is 1. The van der Waals surface area contributed by atoms with Gasteiger partial charge in [0.15, 0.2) is 0 Å². The number of carbonyl (C=O) groups excluding carboxylic acids is 1. The van der Waals surface area contributed by atoms with Gasteiger partial charge in [0.1, 0.15) is 0 Å². The van der Waals surface area contributed by atoms with E-state index in [2.05, 4.69) is 114 Å². The number of carbonyl (C=O) groups is 1. The van der Waals surface area contributed by atoms with Gasteiger partial charge in [-0.1, -0.05) is 91.8 Å². The summed E-state index contributed by atoms with van der Waals surface area (Å²) in [6.07, 6.45) is 0.186. The van der Waals surface area contributed by atoms with Crippen LogP contribution >= 0.6 is 19.4 Å². The molecule has 1 fully saturated rings. The fourth-order valence-corrected chi connectivity index (χ4v) is 7.94. The van der Waals surface area contributed by atoms with Crippen LogP contribution in [0.2, 0.25) is 0 Å². The number of nitrogens with one attached hydrogen (secondary N) is 1. The van der Waals surface area contributed by atoms with E-state index >= 15 is 0 Å². The molecule has 3 aromatic carbocycles. The van der Waals surface area contributed by atoms with E-state index in [1.807, 2.05) is 23.7 Å². The molecule has 1 saturated heterocycles. The first-order chi connectivity index (χ1) is 21.8. The number of fused-ring (bicyclic) bond motifs is 1. The number of benzene rings is 3. The summed E-state index contributed by atoms with van der Waals surface area (Å²) in [5.41, 5.74) is 10.2. The molecule has 0 saturated carbocycles. The van der Waals surface area contributed by atoms with E-state index in [0.29, 0.717) is 41.5 Å². The van der Waals surface area contributed by atoms with Gasteiger partial charge in [-0.05, 0) is 45.9 Å². The average Bonchev–Trinajstić information content (AvgIpc) is 3.49. The molecule has 5 rings (SSSR count). The van der Waals surface area contributed by atoms with Gasteiger partial charge < -0.3 is 9.80 Å². The summed E-state index contributed by atoms with van der Waals surface area (Å²) < 4.78 is 7.50. The van der Waals surface area contributed by atoms with Crippen molar-refractivity contribution in [3.05, 3.63) is 89.1 Å². The van der Waals surface area contributed by atoms with E-state index in [0.717, 1.165) is 18.7 Å². The first kappa shape index (κ1) is 36.4. The van der Waals surface area contributed by atoms with Crippen molar-refractivity contribution in [3.8, 4) is 5.75 Å². The van der Waals surface area contributed by atoms with Crippen molar-refractivity contribution >= 4 is 47.0 Å². The van der Waals surface area contributed by atoms with Gasteiger partial charge in [0, 0.05) is 24.5 Å². The molecule has 1 unspecified atom stereocenters. The zero-order valence-electron chi connectivity index (χ0n) is 28.7. The van der Waals surface area contributed by atoms with Crippen LogP contribution in [0.5, 0.6) is 5.75 Å². The minimum absolute atomic E-state index is 0.108. The molecule has 0 radical (unpaired) electrons. The summed E-state index contributed by atoms with van der Waals surface area (Å²) in [7, 11) is 11.7. The molecular formula is C38H50Cl2N3O2Ru-. The monoisotopic (exact) mass is 752 g/mol.